The zero-order valence-electron chi connectivity index (χ0n) is 12.9. The lowest BCUT2D eigenvalue weighted by atomic mass is 10.0. The fourth-order valence-electron chi connectivity index (χ4n) is 2.18. The lowest BCUT2D eigenvalue weighted by Crippen LogP contribution is -2.41. The number of sulfonamides is 1. The number of nitro groups is 1. The summed E-state index contributed by atoms with van der Waals surface area (Å²) >= 11 is 0. The number of anilines is 1. The maximum absolute atomic E-state index is 12.4. The minimum absolute atomic E-state index is 0.109. The Morgan fingerprint density at radius 2 is 1.84 bits per heavy atom. The highest BCUT2D eigenvalue weighted by atomic mass is 32.2. The van der Waals surface area contributed by atoms with Gasteiger partial charge in [-0.25, -0.2) is 13.1 Å². The third kappa shape index (κ3) is 4.51. The molecule has 10 heteroatoms. The molecule has 0 aliphatic rings. The van der Waals surface area contributed by atoms with E-state index in [4.69, 9.17) is 5.73 Å². The van der Waals surface area contributed by atoms with Gasteiger partial charge in [-0.05, 0) is 35.9 Å². The van der Waals surface area contributed by atoms with Crippen LogP contribution in [0.2, 0.25) is 0 Å². The lowest BCUT2D eigenvalue weighted by Gasteiger charge is -2.22. The standard InChI is InChI=1S/C15H17N3O6S/c16-11-2-1-3-13(8-11)25(23,24)17-14(9-19)15(20)10-4-6-12(7-5-10)18(21)22/h1-8,14-15,17,19-20H,9,16H2/t14-,15-/m1/s1. The topological polar surface area (TPSA) is 156 Å². The van der Waals surface area contributed by atoms with E-state index in [1.165, 1.54) is 48.5 Å². The molecule has 0 fully saturated rings. The first kappa shape index (κ1) is 18.8. The van der Waals surface area contributed by atoms with Crippen molar-refractivity contribution >= 4 is 21.4 Å². The second kappa shape index (κ2) is 7.57. The number of nitrogens with one attached hydrogen (secondary N) is 1. The van der Waals surface area contributed by atoms with E-state index in [9.17, 15) is 28.7 Å². The first-order valence-electron chi connectivity index (χ1n) is 7.16. The van der Waals surface area contributed by atoms with Gasteiger partial charge in [0.05, 0.1) is 28.6 Å². The Morgan fingerprint density at radius 3 is 2.36 bits per heavy atom. The minimum atomic E-state index is -4.03. The van der Waals surface area contributed by atoms with E-state index in [1.807, 2.05) is 0 Å². The lowest BCUT2D eigenvalue weighted by molar-refractivity contribution is -0.384. The van der Waals surface area contributed by atoms with Crippen molar-refractivity contribution in [2.45, 2.75) is 17.0 Å². The van der Waals surface area contributed by atoms with Crippen molar-refractivity contribution in [3.05, 3.63) is 64.2 Å². The maximum atomic E-state index is 12.4. The molecule has 0 amide bonds. The molecule has 9 nitrogen and oxygen atoms in total. The molecule has 5 N–H and O–H groups in total. The van der Waals surface area contributed by atoms with Crippen LogP contribution in [0.4, 0.5) is 11.4 Å². The summed E-state index contributed by atoms with van der Waals surface area (Å²) in [5.41, 5.74) is 5.86. The van der Waals surface area contributed by atoms with Gasteiger partial charge in [0.15, 0.2) is 0 Å². The molecule has 2 aromatic carbocycles. The molecule has 0 bridgehead atoms. The Balaban J connectivity index is 2.22. The third-order valence-corrected chi connectivity index (χ3v) is 4.99. The van der Waals surface area contributed by atoms with Crippen molar-refractivity contribution in [3.8, 4) is 0 Å². The molecule has 25 heavy (non-hydrogen) atoms. The fourth-order valence-corrected chi connectivity index (χ4v) is 3.46. The number of nitrogens with zero attached hydrogens (tertiary/aromatic N) is 1. The predicted molar refractivity (Wildman–Crippen MR) is 90.1 cm³/mol. The van der Waals surface area contributed by atoms with Crippen LogP contribution in [0, 0.1) is 10.1 Å². The van der Waals surface area contributed by atoms with E-state index in [1.54, 1.807) is 0 Å². The van der Waals surface area contributed by atoms with Crippen LogP contribution in [0.25, 0.3) is 0 Å². The highest BCUT2D eigenvalue weighted by Gasteiger charge is 2.27. The molecule has 0 radical (unpaired) electrons. The number of hydrogen-bond donors (Lipinski definition) is 4. The molecule has 0 spiro atoms. The fraction of sp³-hybridized carbons (Fsp3) is 0.200. The van der Waals surface area contributed by atoms with Crippen molar-refractivity contribution in [1.82, 2.24) is 4.72 Å². The van der Waals surface area contributed by atoms with Crippen molar-refractivity contribution in [1.29, 1.82) is 0 Å². The Labute approximate surface area is 143 Å². The zero-order valence-corrected chi connectivity index (χ0v) is 13.8. The van der Waals surface area contributed by atoms with Crippen LogP contribution in [-0.4, -0.2) is 36.2 Å². The van der Waals surface area contributed by atoms with Gasteiger partial charge in [0.25, 0.3) is 5.69 Å². The summed E-state index contributed by atoms with van der Waals surface area (Å²) in [6, 6.07) is 9.26. The van der Waals surface area contributed by atoms with Crippen LogP contribution in [0.5, 0.6) is 0 Å². The van der Waals surface area contributed by atoms with Gasteiger partial charge in [-0.1, -0.05) is 6.07 Å². The van der Waals surface area contributed by atoms with Crippen LogP contribution in [0.15, 0.2) is 53.4 Å². The van der Waals surface area contributed by atoms with E-state index < -0.39 is 33.7 Å². The van der Waals surface area contributed by atoms with Gasteiger partial charge >= 0.3 is 0 Å². The average Bonchev–Trinajstić information content (AvgIpc) is 2.59. The monoisotopic (exact) mass is 367 g/mol. The molecular formula is C15H17N3O6S. The maximum Gasteiger partial charge on any atom is 0.269 e. The largest absolute Gasteiger partial charge is 0.399 e. The number of nitrogens with two attached hydrogens (primary N) is 1. The molecule has 0 aliphatic carbocycles. The predicted octanol–water partition coefficient (Wildman–Crippen LogP) is 0.550. The number of nitrogen functional groups attached to an aromatic ring is 1. The Morgan fingerprint density at radius 1 is 1.20 bits per heavy atom. The van der Waals surface area contributed by atoms with Gasteiger partial charge < -0.3 is 15.9 Å². The van der Waals surface area contributed by atoms with E-state index in [0.29, 0.717) is 0 Å². The average molecular weight is 367 g/mol. The summed E-state index contributed by atoms with van der Waals surface area (Å²) in [6.45, 7) is -0.681. The number of aliphatic hydroxyl groups is 2. The number of nitro benzene ring substituents is 1. The van der Waals surface area contributed by atoms with E-state index >= 15 is 0 Å². The van der Waals surface area contributed by atoms with Crippen LogP contribution in [-0.2, 0) is 10.0 Å². The highest BCUT2D eigenvalue weighted by molar-refractivity contribution is 7.89. The molecule has 0 saturated carbocycles. The van der Waals surface area contributed by atoms with Gasteiger partial charge in [0, 0.05) is 17.8 Å². The SMILES string of the molecule is Nc1cccc(S(=O)(=O)N[C@H](CO)[C@H](O)c2ccc([N+](=O)[O-])cc2)c1. The third-order valence-electron chi connectivity index (χ3n) is 3.50. The second-order valence-corrected chi connectivity index (χ2v) is 6.99. The molecule has 0 saturated heterocycles. The highest BCUT2D eigenvalue weighted by Crippen LogP contribution is 2.22. The van der Waals surface area contributed by atoms with Crippen LogP contribution >= 0.6 is 0 Å². The quantitative estimate of drug-likeness (QED) is 0.316. The Hall–Kier alpha value is -2.53. The number of rotatable bonds is 7. The number of non-ortho nitro benzene ring substituents is 1. The van der Waals surface area contributed by atoms with Crippen molar-refractivity contribution in [2.24, 2.45) is 0 Å². The molecular weight excluding hydrogens is 350 g/mol. The number of hydrogen-bond acceptors (Lipinski definition) is 7. The summed E-state index contributed by atoms with van der Waals surface area (Å²) in [7, 11) is -4.03. The van der Waals surface area contributed by atoms with Crippen molar-refractivity contribution in [2.75, 3.05) is 12.3 Å². The zero-order chi connectivity index (χ0) is 18.6. The Kier molecular flexibility index (Phi) is 5.69. The van der Waals surface area contributed by atoms with Crippen LogP contribution < -0.4 is 10.5 Å². The molecule has 0 heterocycles. The van der Waals surface area contributed by atoms with E-state index in [-0.39, 0.29) is 21.8 Å². The molecule has 2 atom stereocenters. The summed E-state index contributed by atoms with van der Waals surface area (Å²) in [4.78, 5) is 9.94. The van der Waals surface area contributed by atoms with Gasteiger partial charge in [0.2, 0.25) is 10.0 Å². The summed E-state index contributed by atoms with van der Waals surface area (Å²) in [5.74, 6) is 0. The van der Waals surface area contributed by atoms with E-state index in [0.717, 1.165) is 0 Å². The molecule has 0 aliphatic heterocycles. The van der Waals surface area contributed by atoms with Gasteiger partial charge in [-0.2, -0.15) is 0 Å². The summed E-state index contributed by atoms with van der Waals surface area (Å²) < 4.78 is 26.9. The number of benzene rings is 2. The molecule has 0 aromatic heterocycles. The summed E-state index contributed by atoms with van der Waals surface area (Å²) in [5, 5.41) is 30.4. The van der Waals surface area contributed by atoms with Gasteiger partial charge in [0.1, 0.15) is 0 Å². The molecule has 0 unspecified atom stereocenters. The van der Waals surface area contributed by atoms with Gasteiger partial charge in [-0.15, -0.1) is 0 Å². The van der Waals surface area contributed by atoms with E-state index in [2.05, 4.69) is 4.72 Å². The van der Waals surface area contributed by atoms with Crippen molar-refractivity contribution in [3.63, 3.8) is 0 Å². The first-order valence-corrected chi connectivity index (χ1v) is 8.64. The first-order chi connectivity index (χ1) is 11.7. The number of aliphatic hydroxyl groups excluding tert-OH is 2. The van der Waals surface area contributed by atoms with Gasteiger partial charge in [-0.3, -0.25) is 10.1 Å². The van der Waals surface area contributed by atoms with Crippen LogP contribution in [0.3, 0.4) is 0 Å². The molecule has 2 rings (SSSR count). The van der Waals surface area contributed by atoms with Crippen molar-refractivity contribution < 1.29 is 23.6 Å². The molecule has 134 valence electrons. The molecule has 2 aromatic rings. The summed E-state index contributed by atoms with van der Waals surface area (Å²) in [6.07, 6.45) is -1.40. The second-order valence-electron chi connectivity index (χ2n) is 5.28. The normalized spacial score (nSPS) is 14.0. The Bertz CT molecular complexity index is 854. The van der Waals surface area contributed by atoms with Crippen LogP contribution in [0.1, 0.15) is 11.7 Å². The minimum Gasteiger partial charge on any atom is -0.399 e. The smallest absolute Gasteiger partial charge is 0.269 e.